The largest absolute Gasteiger partial charge is 0.331 e. The highest BCUT2D eigenvalue weighted by molar-refractivity contribution is 5.76. The van der Waals surface area contributed by atoms with Gasteiger partial charge in [0.15, 0.2) is 5.82 Å². The fraction of sp³-hybridized carbons (Fsp3) is 0.364. The van der Waals surface area contributed by atoms with Gasteiger partial charge in [0, 0.05) is 18.7 Å². The zero-order valence-corrected chi connectivity index (χ0v) is 16.9. The Morgan fingerprint density at radius 3 is 2.46 bits per heavy atom. The summed E-state index contributed by atoms with van der Waals surface area (Å²) in [6.45, 7) is 8.13. The summed E-state index contributed by atoms with van der Waals surface area (Å²) >= 11 is 0. The molecular formula is C22H24N6. The van der Waals surface area contributed by atoms with Crippen LogP contribution in [0.25, 0.3) is 16.9 Å². The number of rotatable bonds is 3. The molecule has 3 aromatic heterocycles. The molecule has 0 N–H and O–H groups in total. The smallest absolute Gasteiger partial charge is 0.156 e. The zero-order valence-electron chi connectivity index (χ0n) is 16.9. The van der Waals surface area contributed by atoms with E-state index in [4.69, 9.17) is 9.97 Å². The predicted octanol–water partition coefficient (Wildman–Crippen LogP) is 4.05. The van der Waals surface area contributed by atoms with Crippen LogP contribution in [-0.2, 0) is 7.05 Å². The molecule has 3 heterocycles. The number of imidazole rings is 1. The summed E-state index contributed by atoms with van der Waals surface area (Å²) in [4.78, 5) is 14.1. The number of aryl methyl sites for hydroxylation is 4. The minimum Gasteiger partial charge on any atom is -0.331 e. The number of hydrogen-bond donors (Lipinski definition) is 0. The van der Waals surface area contributed by atoms with Crippen molar-refractivity contribution in [2.45, 2.75) is 46.0 Å². The van der Waals surface area contributed by atoms with E-state index in [0.29, 0.717) is 11.8 Å². The van der Waals surface area contributed by atoms with E-state index in [-0.39, 0.29) is 0 Å². The summed E-state index contributed by atoms with van der Waals surface area (Å²) in [5, 5.41) is 4.52. The molecule has 0 radical (unpaired) electrons. The Morgan fingerprint density at radius 1 is 0.964 bits per heavy atom. The number of hydrogen-bond acceptors (Lipinski definition) is 4. The highest BCUT2D eigenvalue weighted by atomic mass is 15.4. The molecule has 2 unspecified atom stereocenters. The molecule has 0 amide bonds. The second-order valence-corrected chi connectivity index (χ2v) is 7.86. The molecule has 5 rings (SSSR count). The van der Waals surface area contributed by atoms with Gasteiger partial charge in [0.25, 0.3) is 0 Å². The second kappa shape index (κ2) is 5.99. The fourth-order valence-electron chi connectivity index (χ4n) is 4.30. The van der Waals surface area contributed by atoms with Gasteiger partial charge in [-0.2, -0.15) is 4.68 Å². The summed E-state index contributed by atoms with van der Waals surface area (Å²) in [5.41, 5.74) is 5.94. The molecule has 1 aliphatic rings. The minimum absolute atomic E-state index is 0.448. The molecule has 1 aliphatic carbocycles. The average molecular weight is 372 g/mol. The first-order valence-electron chi connectivity index (χ1n) is 9.74. The highest BCUT2D eigenvalue weighted by Crippen LogP contribution is 2.55. The van der Waals surface area contributed by atoms with Crippen molar-refractivity contribution in [2.75, 3.05) is 0 Å². The van der Waals surface area contributed by atoms with E-state index < -0.39 is 0 Å². The molecule has 142 valence electrons. The maximum atomic E-state index is 4.92. The van der Waals surface area contributed by atoms with Crippen molar-refractivity contribution in [3.63, 3.8) is 0 Å². The van der Waals surface area contributed by atoms with Gasteiger partial charge in [-0.05, 0) is 69.4 Å². The van der Waals surface area contributed by atoms with Gasteiger partial charge in [-0.25, -0.2) is 15.0 Å². The van der Waals surface area contributed by atoms with Gasteiger partial charge >= 0.3 is 0 Å². The Bertz CT molecular complexity index is 1220. The van der Waals surface area contributed by atoms with Crippen molar-refractivity contribution >= 4 is 11.0 Å². The van der Waals surface area contributed by atoms with Crippen molar-refractivity contribution in [3.05, 3.63) is 64.6 Å². The molecule has 0 aliphatic heterocycles. The van der Waals surface area contributed by atoms with Crippen LogP contribution in [0.1, 0.15) is 52.6 Å². The van der Waals surface area contributed by atoms with Gasteiger partial charge in [-0.15, -0.1) is 5.10 Å². The van der Waals surface area contributed by atoms with Crippen LogP contribution in [0, 0.1) is 27.7 Å². The molecule has 6 nitrogen and oxygen atoms in total. The molecule has 1 fully saturated rings. The van der Waals surface area contributed by atoms with Crippen LogP contribution in [-0.4, -0.2) is 29.3 Å². The van der Waals surface area contributed by atoms with Crippen LogP contribution in [0.15, 0.2) is 30.3 Å². The Hall–Kier alpha value is -3.02. The van der Waals surface area contributed by atoms with Gasteiger partial charge in [0.2, 0.25) is 0 Å². The third-order valence-electron chi connectivity index (χ3n) is 5.98. The molecule has 0 spiro atoms. The lowest BCUT2D eigenvalue weighted by molar-refractivity contribution is 0.784. The van der Waals surface area contributed by atoms with Crippen molar-refractivity contribution in [1.29, 1.82) is 0 Å². The Kier molecular flexibility index (Phi) is 3.66. The molecule has 0 bridgehead atoms. The fourth-order valence-corrected chi connectivity index (χ4v) is 4.30. The number of aromatic nitrogens is 6. The van der Waals surface area contributed by atoms with Gasteiger partial charge in [0.05, 0.1) is 11.0 Å². The first-order valence-corrected chi connectivity index (χ1v) is 9.74. The molecule has 1 aromatic carbocycles. The van der Waals surface area contributed by atoms with Gasteiger partial charge in [0.1, 0.15) is 17.5 Å². The van der Waals surface area contributed by atoms with E-state index in [1.165, 1.54) is 22.5 Å². The Morgan fingerprint density at radius 2 is 1.75 bits per heavy atom. The van der Waals surface area contributed by atoms with Crippen molar-refractivity contribution < 1.29 is 0 Å². The lowest BCUT2D eigenvalue weighted by atomic mass is 10.0. The quantitative estimate of drug-likeness (QED) is 0.544. The van der Waals surface area contributed by atoms with Crippen LogP contribution in [0.5, 0.6) is 0 Å². The number of pyridine rings is 1. The first-order chi connectivity index (χ1) is 13.4. The van der Waals surface area contributed by atoms with Crippen LogP contribution in [0.2, 0.25) is 0 Å². The lowest BCUT2D eigenvalue weighted by Crippen LogP contribution is -2.07. The van der Waals surface area contributed by atoms with Crippen molar-refractivity contribution in [3.8, 4) is 5.82 Å². The molecule has 1 saturated carbocycles. The van der Waals surface area contributed by atoms with Crippen molar-refractivity contribution in [2.24, 2.45) is 7.05 Å². The van der Waals surface area contributed by atoms with E-state index >= 15 is 0 Å². The van der Waals surface area contributed by atoms with Crippen LogP contribution in [0.4, 0.5) is 0 Å². The van der Waals surface area contributed by atoms with E-state index in [1.54, 1.807) is 0 Å². The van der Waals surface area contributed by atoms with Crippen LogP contribution < -0.4 is 0 Å². The van der Waals surface area contributed by atoms with E-state index in [0.717, 1.165) is 35.1 Å². The molecule has 6 heteroatoms. The van der Waals surface area contributed by atoms with Gasteiger partial charge < -0.3 is 4.57 Å². The third kappa shape index (κ3) is 2.55. The summed E-state index contributed by atoms with van der Waals surface area (Å²) in [7, 11) is 2.12. The number of fused-ring (bicyclic) bond motifs is 1. The predicted molar refractivity (Wildman–Crippen MR) is 109 cm³/mol. The Labute approximate surface area is 164 Å². The highest BCUT2D eigenvalue weighted by Gasteiger charge is 2.43. The van der Waals surface area contributed by atoms with Gasteiger partial charge in [-0.3, -0.25) is 0 Å². The number of para-hydroxylation sites is 2. The topological polar surface area (TPSA) is 61.4 Å². The third-order valence-corrected chi connectivity index (χ3v) is 5.98. The standard InChI is InChI=1S/C22H24N6/c1-12-13(2)23-21(28-15(4)24-14(3)26-28)11-16(12)17-10-18(17)22-25-19-8-6-7-9-20(19)27(22)5/h6-9,11,17-18H,10H2,1-5H3. The summed E-state index contributed by atoms with van der Waals surface area (Å²) in [6, 6.07) is 10.5. The van der Waals surface area contributed by atoms with Crippen molar-refractivity contribution in [1.82, 2.24) is 29.3 Å². The monoisotopic (exact) mass is 372 g/mol. The minimum atomic E-state index is 0.448. The zero-order chi connectivity index (χ0) is 19.6. The maximum Gasteiger partial charge on any atom is 0.156 e. The lowest BCUT2D eigenvalue weighted by Gasteiger charge is -2.12. The summed E-state index contributed by atoms with van der Waals surface area (Å²) in [5.74, 6) is 4.58. The summed E-state index contributed by atoms with van der Waals surface area (Å²) in [6.07, 6.45) is 1.12. The average Bonchev–Trinajstić information content (AvgIpc) is 3.28. The second-order valence-electron chi connectivity index (χ2n) is 7.86. The molecule has 28 heavy (non-hydrogen) atoms. The molecule has 0 saturated heterocycles. The van der Waals surface area contributed by atoms with E-state index in [2.05, 4.69) is 65.9 Å². The molecule has 2 atom stereocenters. The number of benzene rings is 1. The van der Waals surface area contributed by atoms with E-state index in [1.807, 2.05) is 18.5 Å². The SMILES string of the molecule is Cc1nc(C)n(-c2cc(C3CC3c3nc4ccccc4n3C)c(C)c(C)n2)n1. The Balaban J connectivity index is 1.55. The maximum absolute atomic E-state index is 4.92. The summed E-state index contributed by atoms with van der Waals surface area (Å²) < 4.78 is 4.09. The van der Waals surface area contributed by atoms with E-state index in [9.17, 15) is 0 Å². The molecule has 4 aromatic rings. The van der Waals surface area contributed by atoms with Gasteiger partial charge in [-0.1, -0.05) is 12.1 Å². The first kappa shape index (κ1) is 17.1. The molecular weight excluding hydrogens is 348 g/mol. The normalized spacial score (nSPS) is 18.8. The number of nitrogens with zero attached hydrogens (tertiary/aromatic N) is 6. The van der Waals surface area contributed by atoms with Crippen LogP contribution >= 0.6 is 0 Å². The van der Waals surface area contributed by atoms with Crippen LogP contribution in [0.3, 0.4) is 0 Å².